The van der Waals surface area contributed by atoms with Crippen molar-refractivity contribution in [2.75, 3.05) is 13.7 Å². The van der Waals surface area contributed by atoms with Crippen molar-refractivity contribution in [1.29, 1.82) is 0 Å². The Labute approximate surface area is 144 Å². The van der Waals surface area contributed by atoms with Gasteiger partial charge >= 0.3 is 6.01 Å². The third-order valence-corrected chi connectivity index (χ3v) is 4.36. The first kappa shape index (κ1) is 15.6. The van der Waals surface area contributed by atoms with Crippen LogP contribution in [0.4, 0.5) is 0 Å². The third kappa shape index (κ3) is 3.18. The Bertz CT molecular complexity index is 933. The summed E-state index contributed by atoms with van der Waals surface area (Å²) in [6.07, 6.45) is 0.810. The molecule has 0 saturated carbocycles. The van der Waals surface area contributed by atoms with Crippen LogP contribution >= 0.6 is 0 Å². The predicted octanol–water partition coefficient (Wildman–Crippen LogP) is 1.99. The van der Waals surface area contributed by atoms with Crippen LogP contribution < -0.4 is 10.3 Å². The molecule has 0 saturated heterocycles. The second-order valence-corrected chi connectivity index (χ2v) is 6.05. The summed E-state index contributed by atoms with van der Waals surface area (Å²) in [6.45, 7) is 2.55. The van der Waals surface area contributed by atoms with Gasteiger partial charge in [-0.2, -0.15) is 4.98 Å². The molecular formula is C18H18N4O3. The molecular weight excluding hydrogens is 320 g/mol. The lowest BCUT2D eigenvalue weighted by molar-refractivity contribution is 0.243. The number of aromatic amines is 1. The first-order valence-electron chi connectivity index (χ1n) is 8.12. The number of ether oxygens (including phenoxy) is 1. The molecule has 4 rings (SSSR count). The van der Waals surface area contributed by atoms with Crippen LogP contribution in [0.15, 0.2) is 45.7 Å². The lowest BCUT2D eigenvalue weighted by atomic mass is 10.0. The highest BCUT2D eigenvalue weighted by molar-refractivity contribution is 5.53. The van der Waals surface area contributed by atoms with E-state index in [2.05, 4.69) is 32.2 Å². The molecule has 0 radical (unpaired) electrons. The summed E-state index contributed by atoms with van der Waals surface area (Å²) >= 11 is 0. The summed E-state index contributed by atoms with van der Waals surface area (Å²) < 4.78 is 10.0. The van der Waals surface area contributed by atoms with Crippen molar-refractivity contribution < 1.29 is 9.26 Å². The number of hydrogen-bond donors (Lipinski definition) is 1. The van der Waals surface area contributed by atoms with Gasteiger partial charge in [0.2, 0.25) is 0 Å². The van der Waals surface area contributed by atoms with Gasteiger partial charge in [-0.05, 0) is 22.3 Å². The molecule has 0 aliphatic carbocycles. The average Bonchev–Trinajstić information content (AvgIpc) is 3.11. The molecule has 0 spiro atoms. The Hall–Kier alpha value is -2.93. The van der Waals surface area contributed by atoms with Crippen molar-refractivity contribution in [3.05, 3.63) is 63.6 Å². The van der Waals surface area contributed by atoms with E-state index in [1.165, 1.54) is 12.7 Å². The zero-order valence-corrected chi connectivity index (χ0v) is 13.9. The van der Waals surface area contributed by atoms with E-state index in [1.807, 2.05) is 24.3 Å². The number of aromatic nitrogens is 3. The number of nitrogens with one attached hydrogen (secondary N) is 1. The monoisotopic (exact) mass is 338 g/mol. The van der Waals surface area contributed by atoms with E-state index in [0.29, 0.717) is 5.56 Å². The number of pyridine rings is 1. The number of benzene rings is 1. The van der Waals surface area contributed by atoms with Gasteiger partial charge in [-0.15, -0.1) is 0 Å². The van der Waals surface area contributed by atoms with Crippen molar-refractivity contribution in [2.24, 2.45) is 0 Å². The molecule has 1 N–H and O–H groups in total. The molecule has 1 aromatic carbocycles. The highest BCUT2D eigenvalue weighted by atomic mass is 16.5. The summed E-state index contributed by atoms with van der Waals surface area (Å²) in [5.41, 5.74) is 3.48. The zero-order chi connectivity index (χ0) is 17.2. The second-order valence-electron chi connectivity index (χ2n) is 6.05. The Morgan fingerprint density at radius 1 is 1.32 bits per heavy atom. The fraction of sp³-hybridized carbons (Fsp3) is 0.278. The quantitative estimate of drug-likeness (QED) is 0.783. The summed E-state index contributed by atoms with van der Waals surface area (Å²) in [6, 6.07) is 12.3. The van der Waals surface area contributed by atoms with Gasteiger partial charge in [0.15, 0.2) is 0 Å². The summed E-state index contributed by atoms with van der Waals surface area (Å²) in [7, 11) is 1.45. The zero-order valence-electron chi connectivity index (χ0n) is 13.9. The Morgan fingerprint density at radius 3 is 2.92 bits per heavy atom. The molecule has 7 nitrogen and oxygen atoms in total. The van der Waals surface area contributed by atoms with Gasteiger partial charge in [-0.25, -0.2) is 0 Å². The van der Waals surface area contributed by atoms with Gasteiger partial charge in [0.1, 0.15) is 5.56 Å². The molecule has 0 unspecified atom stereocenters. The van der Waals surface area contributed by atoms with Gasteiger partial charge in [0, 0.05) is 31.7 Å². The average molecular weight is 338 g/mol. The minimum absolute atomic E-state index is 0.109. The molecule has 2 aromatic heterocycles. The Morgan fingerprint density at radius 2 is 2.16 bits per heavy atom. The lowest BCUT2D eigenvalue weighted by Crippen LogP contribution is -2.32. The minimum Gasteiger partial charge on any atom is -0.465 e. The molecule has 1 aliphatic rings. The number of fused-ring (bicyclic) bond motifs is 1. The van der Waals surface area contributed by atoms with Crippen molar-refractivity contribution in [1.82, 2.24) is 20.0 Å². The van der Waals surface area contributed by atoms with Crippen molar-refractivity contribution in [3.8, 4) is 17.5 Å². The number of H-pyrrole nitrogens is 1. The van der Waals surface area contributed by atoms with Gasteiger partial charge in [-0.3, -0.25) is 9.69 Å². The van der Waals surface area contributed by atoms with E-state index in [9.17, 15) is 4.79 Å². The fourth-order valence-corrected chi connectivity index (χ4v) is 3.10. The Balaban J connectivity index is 1.61. The molecule has 0 fully saturated rings. The van der Waals surface area contributed by atoms with E-state index in [1.54, 1.807) is 0 Å². The Kier molecular flexibility index (Phi) is 4.07. The minimum atomic E-state index is -0.221. The molecule has 7 heteroatoms. The number of hydrogen-bond acceptors (Lipinski definition) is 6. The molecule has 3 aromatic rings. The SMILES string of the molecule is COc1noc(-c2cc3c([nH]c2=O)CCN(Cc2ccccc2)C3)n1. The topological polar surface area (TPSA) is 84.2 Å². The van der Waals surface area contributed by atoms with Crippen LogP contribution in [-0.4, -0.2) is 33.7 Å². The van der Waals surface area contributed by atoms with Crippen LogP contribution in [0.1, 0.15) is 16.8 Å². The van der Waals surface area contributed by atoms with Gasteiger partial charge in [0.05, 0.1) is 7.11 Å². The van der Waals surface area contributed by atoms with Crippen LogP contribution in [-0.2, 0) is 19.5 Å². The fourth-order valence-electron chi connectivity index (χ4n) is 3.10. The maximum absolute atomic E-state index is 12.3. The van der Waals surface area contributed by atoms with Crippen molar-refractivity contribution in [3.63, 3.8) is 0 Å². The van der Waals surface area contributed by atoms with Gasteiger partial charge in [0.25, 0.3) is 11.4 Å². The van der Waals surface area contributed by atoms with Crippen LogP contribution in [0, 0.1) is 0 Å². The summed E-state index contributed by atoms with van der Waals surface area (Å²) in [4.78, 5) is 21.7. The number of methoxy groups -OCH3 is 1. The molecule has 0 bridgehead atoms. The standard InChI is InChI=1S/C18H18N4O3/c1-24-18-20-17(25-21-18)14-9-13-11-22(8-7-15(13)19-16(14)23)10-12-5-3-2-4-6-12/h2-6,9H,7-8,10-11H2,1H3,(H,19,23). The van der Waals surface area contributed by atoms with Crippen molar-refractivity contribution >= 4 is 0 Å². The largest absolute Gasteiger partial charge is 0.465 e. The van der Waals surface area contributed by atoms with E-state index < -0.39 is 0 Å². The van der Waals surface area contributed by atoms with E-state index >= 15 is 0 Å². The number of rotatable bonds is 4. The highest BCUT2D eigenvalue weighted by Crippen LogP contribution is 2.23. The van der Waals surface area contributed by atoms with Crippen LogP contribution in [0.2, 0.25) is 0 Å². The normalized spacial score (nSPS) is 14.3. The molecule has 128 valence electrons. The smallest absolute Gasteiger partial charge is 0.354 e. The summed E-state index contributed by atoms with van der Waals surface area (Å²) in [5, 5.41) is 3.66. The van der Waals surface area contributed by atoms with E-state index in [-0.39, 0.29) is 17.5 Å². The highest BCUT2D eigenvalue weighted by Gasteiger charge is 2.21. The second kappa shape index (κ2) is 6.52. The van der Waals surface area contributed by atoms with Gasteiger partial charge in [-0.1, -0.05) is 30.3 Å². The first-order chi connectivity index (χ1) is 12.2. The molecule has 1 aliphatic heterocycles. The van der Waals surface area contributed by atoms with Crippen LogP contribution in [0.5, 0.6) is 6.01 Å². The maximum atomic E-state index is 12.3. The van der Waals surface area contributed by atoms with Crippen LogP contribution in [0.25, 0.3) is 11.5 Å². The molecule has 0 amide bonds. The van der Waals surface area contributed by atoms with E-state index in [4.69, 9.17) is 9.26 Å². The molecule has 0 atom stereocenters. The lowest BCUT2D eigenvalue weighted by Gasteiger charge is -2.28. The van der Waals surface area contributed by atoms with Crippen LogP contribution in [0.3, 0.4) is 0 Å². The molecule has 3 heterocycles. The first-order valence-corrected chi connectivity index (χ1v) is 8.12. The number of nitrogens with zero attached hydrogens (tertiary/aromatic N) is 3. The predicted molar refractivity (Wildman–Crippen MR) is 91.2 cm³/mol. The maximum Gasteiger partial charge on any atom is 0.354 e. The molecule has 25 heavy (non-hydrogen) atoms. The van der Waals surface area contributed by atoms with Crippen molar-refractivity contribution in [2.45, 2.75) is 19.5 Å². The third-order valence-electron chi connectivity index (χ3n) is 4.36. The van der Waals surface area contributed by atoms with Gasteiger partial charge < -0.3 is 14.2 Å². The van der Waals surface area contributed by atoms with E-state index in [0.717, 1.165) is 37.3 Å². The summed E-state index contributed by atoms with van der Waals surface area (Å²) in [5.74, 6) is 0.168.